The maximum absolute atomic E-state index is 11.6. The Hall–Kier alpha value is -1.33. The third-order valence-electron chi connectivity index (χ3n) is 1.77. The number of nitrogens with zero attached hydrogens (tertiary/aromatic N) is 2. The molecule has 0 aliphatic heterocycles. The average Bonchev–Trinajstić information content (AvgIpc) is 2.19. The number of benzene rings is 1. The van der Waals surface area contributed by atoms with Crippen molar-refractivity contribution in [2.24, 2.45) is 5.14 Å². The van der Waals surface area contributed by atoms with Crippen LogP contribution in [0.2, 0.25) is 0 Å². The van der Waals surface area contributed by atoms with Crippen molar-refractivity contribution >= 4 is 22.9 Å². The topological polar surface area (TPSA) is 60.9 Å². The van der Waals surface area contributed by atoms with E-state index in [1.807, 2.05) is 18.2 Å². The SMILES string of the molecule is NSn1ncc2ccccc2c1=O. The molecular formula is C8H7N3OS. The number of rotatable bonds is 1. The predicted molar refractivity (Wildman–Crippen MR) is 53.2 cm³/mol. The number of nitrogens with two attached hydrogens (primary N) is 1. The lowest BCUT2D eigenvalue weighted by atomic mass is 10.2. The first-order valence-electron chi connectivity index (χ1n) is 3.67. The summed E-state index contributed by atoms with van der Waals surface area (Å²) in [6.45, 7) is 0. The third-order valence-corrected chi connectivity index (χ3v) is 2.23. The monoisotopic (exact) mass is 193 g/mol. The smallest absolute Gasteiger partial charge is 0.266 e. The van der Waals surface area contributed by atoms with Gasteiger partial charge in [-0.3, -0.25) is 9.93 Å². The lowest BCUT2D eigenvalue weighted by Crippen LogP contribution is -2.19. The van der Waals surface area contributed by atoms with Gasteiger partial charge in [-0.25, -0.2) is 0 Å². The summed E-state index contributed by atoms with van der Waals surface area (Å²) in [6.07, 6.45) is 1.62. The minimum Gasteiger partial charge on any atom is -0.266 e. The lowest BCUT2D eigenvalue weighted by molar-refractivity contribution is 0.937. The summed E-state index contributed by atoms with van der Waals surface area (Å²) in [5.74, 6) is 0. The summed E-state index contributed by atoms with van der Waals surface area (Å²) in [5, 5.41) is 10.6. The van der Waals surface area contributed by atoms with Gasteiger partial charge in [-0.05, 0) is 6.07 Å². The molecule has 0 amide bonds. The molecular weight excluding hydrogens is 186 g/mol. The van der Waals surface area contributed by atoms with E-state index < -0.39 is 0 Å². The Bertz CT molecular complexity index is 494. The second-order valence-electron chi connectivity index (χ2n) is 2.52. The van der Waals surface area contributed by atoms with Gasteiger partial charge in [0.15, 0.2) is 0 Å². The molecule has 0 unspecified atom stereocenters. The Kier molecular flexibility index (Phi) is 2.03. The van der Waals surface area contributed by atoms with Gasteiger partial charge in [0.1, 0.15) is 0 Å². The van der Waals surface area contributed by atoms with Gasteiger partial charge in [0.05, 0.1) is 23.7 Å². The Morgan fingerprint density at radius 1 is 1.38 bits per heavy atom. The highest BCUT2D eigenvalue weighted by atomic mass is 32.2. The van der Waals surface area contributed by atoms with E-state index in [0.29, 0.717) is 5.39 Å². The minimum atomic E-state index is -0.175. The van der Waals surface area contributed by atoms with Crippen molar-refractivity contribution in [1.82, 2.24) is 9.19 Å². The molecule has 2 aromatic rings. The van der Waals surface area contributed by atoms with Gasteiger partial charge in [-0.1, -0.05) is 18.2 Å². The molecule has 66 valence electrons. The molecule has 0 saturated heterocycles. The Labute approximate surface area is 78.6 Å². The molecule has 0 spiro atoms. The molecule has 13 heavy (non-hydrogen) atoms. The van der Waals surface area contributed by atoms with Crippen molar-refractivity contribution in [1.29, 1.82) is 0 Å². The van der Waals surface area contributed by atoms with Crippen molar-refractivity contribution in [3.8, 4) is 0 Å². The summed E-state index contributed by atoms with van der Waals surface area (Å²) in [4.78, 5) is 11.6. The second-order valence-corrected chi connectivity index (χ2v) is 3.07. The van der Waals surface area contributed by atoms with Crippen LogP contribution in [-0.4, -0.2) is 9.19 Å². The van der Waals surface area contributed by atoms with Gasteiger partial charge in [0.2, 0.25) is 0 Å². The zero-order valence-electron chi connectivity index (χ0n) is 6.68. The van der Waals surface area contributed by atoms with Crippen molar-refractivity contribution < 1.29 is 0 Å². The summed E-state index contributed by atoms with van der Waals surface area (Å²) < 4.78 is 1.16. The number of aromatic nitrogens is 2. The fourth-order valence-corrected chi connectivity index (χ4v) is 1.45. The number of hydrogen-bond donors (Lipinski definition) is 1. The van der Waals surface area contributed by atoms with Crippen LogP contribution in [-0.2, 0) is 0 Å². The fourth-order valence-electron chi connectivity index (χ4n) is 1.15. The van der Waals surface area contributed by atoms with Crippen molar-refractivity contribution in [3.63, 3.8) is 0 Å². The van der Waals surface area contributed by atoms with Crippen LogP contribution >= 0.6 is 12.1 Å². The first-order chi connectivity index (χ1) is 6.33. The van der Waals surface area contributed by atoms with E-state index in [-0.39, 0.29) is 5.56 Å². The molecule has 1 aromatic carbocycles. The Balaban J connectivity index is 2.87. The highest BCUT2D eigenvalue weighted by Crippen LogP contribution is 2.06. The highest BCUT2D eigenvalue weighted by molar-refractivity contribution is 7.95. The van der Waals surface area contributed by atoms with E-state index in [0.717, 1.165) is 21.6 Å². The molecule has 0 aliphatic rings. The van der Waals surface area contributed by atoms with E-state index in [4.69, 9.17) is 5.14 Å². The molecule has 0 fully saturated rings. The lowest BCUT2D eigenvalue weighted by Gasteiger charge is -1.99. The van der Waals surface area contributed by atoms with E-state index in [2.05, 4.69) is 5.10 Å². The van der Waals surface area contributed by atoms with Crippen molar-refractivity contribution in [2.45, 2.75) is 0 Å². The van der Waals surface area contributed by atoms with Gasteiger partial charge in [-0.2, -0.15) is 9.19 Å². The van der Waals surface area contributed by atoms with Gasteiger partial charge >= 0.3 is 0 Å². The van der Waals surface area contributed by atoms with E-state index in [9.17, 15) is 4.79 Å². The van der Waals surface area contributed by atoms with Crippen LogP contribution in [0.4, 0.5) is 0 Å². The molecule has 4 nitrogen and oxygen atoms in total. The maximum Gasteiger partial charge on any atom is 0.286 e. The molecule has 0 saturated carbocycles. The Morgan fingerprint density at radius 3 is 2.92 bits per heavy atom. The van der Waals surface area contributed by atoms with Crippen LogP contribution in [0.25, 0.3) is 10.8 Å². The zero-order chi connectivity index (χ0) is 9.26. The maximum atomic E-state index is 11.6. The van der Waals surface area contributed by atoms with E-state index >= 15 is 0 Å². The molecule has 0 radical (unpaired) electrons. The summed E-state index contributed by atoms with van der Waals surface area (Å²) >= 11 is 0.803. The van der Waals surface area contributed by atoms with Gasteiger partial charge in [0.25, 0.3) is 5.56 Å². The van der Waals surface area contributed by atoms with E-state index in [1.165, 1.54) is 0 Å². The molecule has 0 bridgehead atoms. The molecule has 5 heteroatoms. The van der Waals surface area contributed by atoms with Crippen LogP contribution in [0.15, 0.2) is 35.3 Å². The first kappa shape index (κ1) is 8.28. The van der Waals surface area contributed by atoms with Gasteiger partial charge in [0, 0.05) is 5.39 Å². The molecule has 2 N–H and O–H groups in total. The van der Waals surface area contributed by atoms with Crippen molar-refractivity contribution in [2.75, 3.05) is 0 Å². The normalized spacial score (nSPS) is 10.5. The quantitative estimate of drug-likeness (QED) is 0.679. The predicted octanol–water partition coefficient (Wildman–Crippen LogP) is 0.766. The highest BCUT2D eigenvalue weighted by Gasteiger charge is 2.01. The Morgan fingerprint density at radius 2 is 2.15 bits per heavy atom. The van der Waals surface area contributed by atoms with E-state index in [1.54, 1.807) is 12.3 Å². The van der Waals surface area contributed by atoms with Crippen molar-refractivity contribution in [3.05, 3.63) is 40.8 Å². The molecule has 0 atom stereocenters. The second kappa shape index (κ2) is 3.20. The van der Waals surface area contributed by atoms with Crippen LogP contribution in [0.5, 0.6) is 0 Å². The molecule has 1 heterocycles. The number of fused-ring (bicyclic) bond motifs is 1. The molecule has 0 aliphatic carbocycles. The first-order valence-corrected chi connectivity index (χ1v) is 4.51. The molecule has 2 rings (SSSR count). The van der Waals surface area contributed by atoms with Crippen LogP contribution in [0.1, 0.15) is 0 Å². The fraction of sp³-hybridized carbons (Fsp3) is 0. The molecule has 1 aromatic heterocycles. The average molecular weight is 193 g/mol. The minimum absolute atomic E-state index is 0.175. The third kappa shape index (κ3) is 1.32. The number of hydrogen-bond acceptors (Lipinski definition) is 4. The van der Waals surface area contributed by atoms with Crippen LogP contribution < -0.4 is 10.7 Å². The van der Waals surface area contributed by atoms with Gasteiger partial charge in [-0.15, -0.1) is 0 Å². The van der Waals surface area contributed by atoms with Crippen LogP contribution in [0.3, 0.4) is 0 Å². The van der Waals surface area contributed by atoms with Gasteiger partial charge < -0.3 is 0 Å². The summed E-state index contributed by atoms with van der Waals surface area (Å²) in [7, 11) is 0. The summed E-state index contributed by atoms with van der Waals surface area (Å²) in [5.41, 5.74) is -0.175. The summed E-state index contributed by atoms with van der Waals surface area (Å²) in [6, 6.07) is 7.28. The largest absolute Gasteiger partial charge is 0.286 e. The standard InChI is InChI=1S/C8H7N3OS/c9-13-11-8(12)7-4-2-1-3-6(7)5-10-11/h1-5H,9H2. The van der Waals surface area contributed by atoms with Crippen LogP contribution in [0, 0.1) is 0 Å². The zero-order valence-corrected chi connectivity index (χ0v) is 7.49.